The SMILES string of the molecule is CC1=C(I)C=C(NC[C@H](O)CO)C=CC1N1CCOCC1. The molecule has 0 radical (unpaired) electrons. The van der Waals surface area contributed by atoms with E-state index in [1.54, 1.807) is 0 Å². The van der Waals surface area contributed by atoms with Crippen molar-refractivity contribution < 1.29 is 14.9 Å². The Labute approximate surface area is 139 Å². The highest BCUT2D eigenvalue weighted by atomic mass is 127. The topological polar surface area (TPSA) is 65.0 Å². The largest absolute Gasteiger partial charge is 0.394 e. The lowest BCUT2D eigenvalue weighted by Crippen LogP contribution is -2.43. The Balaban J connectivity index is 2.06. The summed E-state index contributed by atoms with van der Waals surface area (Å²) in [5.41, 5.74) is 2.29. The maximum Gasteiger partial charge on any atom is 0.0942 e. The van der Waals surface area contributed by atoms with E-state index in [0.717, 1.165) is 32.0 Å². The molecule has 0 spiro atoms. The first-order chi connectivity index (χ1) is 10.1. The van der Waals surface area contributed by atoms with Gasteiger partial charge >= 0.3 is 0 Å². The number of halogens is 1. The summed E-state index contributed by atoms with van der Waals surface area (Å²) in [6, 6.07) is 0.291. The minimum absolute atomic E-state index is 0.230. The van der Waals surface area contributed by atoms with Crippen LogP contribution in [-0.2, 0) is 4.74 Å². The van der Waals surface area contributed by atoms with Crippen LogP contribution in [-0.4, -0.2) is 66.7 Å². The van der Waals surface area contributed by atoms with Crippen molar-refractivity contribution in [3.05, 3.63) is 33.1 Å². The van der Waals surface area contributed by atoms with Crippen LogP contribution in [0.4, 0.5) is 0 Å². The highest BCUT2D eigenvalue weighted by Crippen LogP contribution is 2.26. The van der Waals surface area contributed by atoms with Gasteiger partial charge in [-0.05, 0) is 47.2 Å². The van der Waals surface area contributed by atoms with Gasteiger partial charge in [-0.15, -0.1) is 0 Å². The Bertz CT molecular complexity index is 442. The molecule has 1 aliphatic carbocycles. The number of aliphatic hydroxyl groups excluding tert-OH is 2. The summed E-state index contributed by atoms with van der Waals surface area (Å²) < 4.78 is 6.63. The number of hydrogen-bond donors (Lipinski definition) is 3. The molecule has 2 aliphatic rings. The Morgan fingerprint density at radius 3 is 2.86 bits per heavy atom. The van der Waals surface area contributed by atoms with Crippen molar-refractivity contribution in [1.82, 2.24) is 10.2 Å². The van der Waals surface area contributed by atoms with Crippen molar-refractivity contribution >= 4 is 22.6 Å². The summed E-state index contributed by atoms with van der Waals surface area (Å²) in [4.78, 5) is 2.42. The zero-order valence-corrected chi connectivity index (χ0v) is 14.4. The van der Waals surface area contributed by atoms with Crippen LogP contribution in [0.25, 0.3) is 0 Å². The third-order valence-corrected chi connectivity index (χ3v) is 4.91. The fourth-order valence-corrected chi connectivity index (χ4v) is 3.09. The van der Waals surface area contributed by atoms with Crippen molar-refractivity contribution in [3.8, 4) is 0 Å². The third kappa shape index (κ3) is 4.79. The second-order valence-electron chi connectivity index (χ2n) is 5.30. The molecule has 0 aromatic heterocycles. The summed E-state index contributed by atoms with van der Waals surface area (Å²) in [5, 5.41) is 21.5. The molecule has 118 valence electrons. The zero-order valence-electron chi connectivity index (χ0n) is 12.3. The molecule has 1 unspecified atom stereocenters. The molecule has 6 heteroatoms. The Kier molecular flexibility index (Phi) is 6.69. The maximum atomic E-state index is 9.43. The fourth-order valence-electron chi connectivity index (χ4n) is 2.44. The molecular formula is C15H23IN2O3. The molecule has 2 rings (SSSR count). The second kappa shape index (κ2) is 8.28. The van der Waals surface area contributed by atoms with Gasteiger partial charge in [-0.25, -0.2) is 0 Å². The number of rotatable bonds is 5. The first-order valence-corrected chi connectivity index (χ1v) is 8.30. The van der Waals surface area contributed by atoms with Gasteiger partial charge in [0.15, 0.2) is 0 Å². The normalized spacial score (nSPS) is 25.5. The molecule has 3 N–H and O–H groups in total. The number of hydrogen-bond acceptors (Lipinski definition) is 5. The Hall–Kier alpha value is -0.410. The quantitative estimate of drug-likeness (QED) is 0.590. The lowest BCUT2D eigenvalue weighted by Gasteiger charge is -2.33. The summed E-state index contributed by atoms with van der Waals surface area (Å²) in [6.07, 6.45) is 5.59. The van der Waals surface area contributed by atoms with E-state index in [0.29, 0.717) is 12.6 Å². The summed E-state index contributed by atoms with van der Waals surface area (Å²) in [7, 11) is 0. The van der Waals surface area contributed by atoms with E-state index in [2.05, 4.69) is 58.0 Å². The van der Waals surface area contributed by atoms with Crippen LogP contribution < -0.4 is 5.32 Å². The number of aliphatic hydroxyl groups is 2. The predicted octanol–water partition coefficient (Wildman–Crippen LogP) is 0.793. The number of allylic oxidation sites excluding steroid dienone is 3. The minimum atomic E-state index is -0.736. The van der Waals surface area contributed by atoms with Crippen LogP contribution in [0.15, 0.2) is 33.1 Å². The van der Waals surface area contributed by atoms with E-state index in [1.807, 2.05) is 0 Å². The first-order valence-electron chi connectivity index (χ1n) is 7.22. The number of nitrogens with one attached hydrogen (secondary N) is 1. The summed E-state index contributed by atoms with van der Waals surface area (Å²) in [6.45, 7) is 5.74. The van der Waals surface area contributed by atoms with Crippen LogP contribution >= 0.6 is 22.6 Å². The van der Waals surface area contributed by atoms with E-state index >= 15 is 0 Å². The molecule has 0 aromatic carbocycles. The fraction of sp³-hybridized carbons (Fsp3) is 0.600. The number of nitrogens with zero attached hydrogens (tertiary/aromatic N) is 1. The highest BCUT2D eigenvalue weighted by molar-refractivity contribution is 14.1. The molecule has 1 aliphatic heterocycles. The van der Waals surface area contributed by atoms with Crippen molar-refractivity contribution in [2.24, 2.45) is 0 Å². The van der Waals surface area contributed by atoms with E-state index in [-0.39, 0.29) is 6.61 Å². The Morgan fingerprint density at radius 1 is 1.48 bits per heavy atom. The molecule has 1 fully saturated rings. The minimum Gasteiger partial charge on any atom is -0.394 e. The smallest absolute Gasteiger partial charge is 0.0942 e. The molecule has 0 amide bonds. The van der Waals surface area contributed by atoms with Gasteiger partial charge in [0.25, 0.3) is 0 Å². The summed E-state index contributed by atoms with van der Waals surface area (Å²) in [5.74, 6) is 0. The predicted molar refractivity (Wildman–Crippen MR) is 91.2 cm³/mol. The summed E-state index contributed by atoms with van der Waals surface area (Å²) >= 11 is 2.35. The van der Waals surface area contributed by atoms with Crippen LogP contribution in [0.1, 0.15) is 6.92 Å². The number of morpholine rings is 1. The van der Waals surface area contributed by atoms with E-state index in [1.165, 1.54) is 9.15 Å². The van der Waals surface area contributed by atoms with Gasteiger partial charge in [-0.1, -0.05) is 6.08 Å². The van der Waals surface area contributed by atoms with Crippen LogP contribution in [0.3, 0.4) is 0 Å². The first kappa shape index (κ1) is 17.0. The zero-order chi connectivity index (χ0) is 15.2. The van der Waals surface area contributed by atoms with Gasteiger partial charge < -0.3 is 20.3 Å². The molecular weight excluding hydrogens is 383 g/mol. The molecule has 0 bridgehead atoms. The van der Waals surface area contributed by atoms with Crippen LogP contribution in [0, 0.1) is 0 Å². The average Bonchev–Trinajstić information content (AvgIpc) is 2.65. The van der Waals surface area contributed by atoms with Gasteiger partial charge in [-0.2, -0.15) is 0 Å². The van der Waals surface area contributed by atoms with Crippen molar-refractivity contribution in [2.75, 3.05) is 39.5 Å². The average molecular weight is 406 g/mol. The van der Waals surface area contributed by atoms with Crippen LogP contribution in [0.2, 0.25) is 0 Å². The van der Waals surface area contributed by atoms with Crippen molar-refractivity contribution in [2.45, 2.75) is 19.1 Å². The molecule has 2 atom stereocenters. The third-order valence-electron chi connectivity index (χ3n) is 3.75. The monoisotopic (exact) mass is 406 g/mol. The highest BCUT2D eigenvalue weighted by Gasteiger charge is 2.22. The second-order valence-corrected chi connectivity index (χ2v) is 6.46. The van der Waals surface area contributed by atoms with Gasteiger partial charge in [0.05, 0.1) is 32.0 Å². The standard InChI is InChI=1S/C15H23IN2O3/c1-11-14(16)8-12(17-9-13(20)10-19)2-3-15(11)18-4-6-21-7-5-18/h2-3,8,13,15,17,19-20H,4-7,9-10H2,1H3/t13-,15?/m0/s1. The van der Waals surface area contributed by atoms with Gasteiger partial charge in [-0.3, -0.25) is 4.90 Å². The van der Waals surface area contributed by atoms with E-state index in [4.69, 9.17) is 9.84 Å². The van der Waals surface area contributed by atoms with Gasteiger partial charge in [0.1, 0.15) is 0 Å². The molecule has 0 aromatic rings. The van der Waals surface area contributed by atoms with Gasteiger partial charge in [0.2, 0.25) is 0 Å². The van der Waals surface area contributed by atoms with Gasteiger partial charge in [0, 0.05) is 28.9 Å². The lowest BCUT2D eigenvalue weighted by atomic mass is 10.1. The molecule has 0 saturated carbocycles. The molecule has 1 heterocycles. The molecule has 5 nitrogen and oxygen atoms in total. The van der Waals surface area contributed by atoms with Crippen molar-refractivity contribution in [3.63, 3.8) is 0 Å². The van der Waals surface area contributed by atoms with E-state index < -0.39 is 6.10 Å². The maximum absolute atomic E-state index is 9.43. The van der Waals surface area contributed by atoms with Crippen molar-refractivity contribution in [1.29, 1.82) is 0 Å². The van der Waals surface area contributed by atoms with E-state index in [9.17, 15) is 5.11 Å². The number of ether oxygens (including phenoxy) is 1. The van der Waals surface area contributed by atoms with Crippen LogP contribution in [0.5, 0.6) is 0 Å². The molecule has 21 heavy (non-hydrogen) atoms. The Morgan fingerprint density at radius 2 is 2.19 bits per heavy atom. The molecule has 1 saturated heterocycles. The lowest BCUT2D eigenvalue weighted by molar-refractivity contribution is 0.0313.